The number of aryl methyl sites for hydroxylation is 1. The SMILES string of the molecule is CCOc1ccc(C)cc1C(C)NC(=O)/C(C#N)=C\NCCc1ccc(Cl)cc1. The van der Waals surface area contributed by atoms with Gasteiger partial charge in [0.25, 0.3) is 5.91 Å². The summed E-state index contributed by atoms with van der Waals surface area (Å²) in [5.41, 5.74) is 3.10. The summed E-state index contributed by atoms with van der Waals surface area (Å²) >= 11 is 5.88. The molecule has 2 aromatic rings. The second kappa shape index (κ2) is 11.1. The molecule has 152 valence electrons. The number of amides is 1. The zero-order valence-electron chi connectivity index (χ0n) is 17.0. The molecule has 0 aliphatic heterocycles. The van der Waals surface area contributed by atoms with E-state index in [1.54, 1.807) is 0 Å². The molecule has 1 unspecified atom stereocenters. The van der Waals surface area contributed by atoms with Crippen molar-refractivity contribution >= 4 is 17.5 Å². The predicted octanol–water partition coefficient (Wildman–Crippen LogP) is 4.46. The van der Waals surface area contributed by atoms with E-state index in [1.165, 1.54) is 6.20 Å². The lowest BCUT2D eigenvalue weighted by Gasteiger charge is -2.18. The number of carbonyl (C=O) groups is 1. The molecule has 0 saturated heterocycles. The highest BCUT2D eigenvalue weighted by atomic mass is 35.5. The maximum Gasteiger partial charge on any atom is 0.263 e. The highest BCUT2D eigenvalue weighted by Crippen LogP contribution is 2.26. The molecule has 0 aliphatic rings. The molecule has 1 atom stereocenters. The van der Waals surface area contributed by atoms with Gasteiger partial charge >= 0.3 is 0 Å². The quantitative estimate of drug-likeness (QED) is 0.363. The number of hydrogen-bond acceptors (Lipinski definition) is 4. The van der Waals surface area contributed by atoms with Crippen LogP contribution in [-0.4, -0.2) is 19.1 Å². The lowest BCUT2D eigenvalue weighted by Crippen LogP contribution is -2.29. The molecule has 1 amide bonds. The first-order valence-corrected chi connectivity index (χ1v) is 9.94. The molecule has 6 heteroatoms. The molecule has 0 aromatic heterocycles. The molecule has 2 N–H and O–H groups in total. The molecule has 0 spiro atoms. The van der Waals surface area contributed by atoms with Crippen molar-refractivity contribution in [1.29, 1.82) is 5.26 Å². The number of benzene rings is 2. The molecule has 0 heterocycles. The van der Waals surface area contributed by atoms with Crippen LogP contribution in [0.4, 0.5) is 0 Å². The highest BCUT2D eigenvalue weighted by Gasteiger charge is 2.17. The maximum absolute atomic E-state index is 12.5. The van der Waals surface area contributed by atoms with Crippen LogP contribution in [0, 0.1) is 18.3 Å². The van der Waals surface area contributed by atoms with Gasteiger partial charge in [-0.3, -0.25) is 4.79 Å². The molecule has 0 aliphatic carbocycles. The summed E-state index contributed by atoms with van der Waals surface area (Å²) in [6.45, 7) is 6.91. The van der Waals surface area contributed by atoms with E-state index >= 15 is 0 Å². The Morgan fingerprint density at radius 3 is 2.66 bits per heavy atom. The topological polar surface area (TPSA) is 74.1 Å². The number of carbonyl (C=O) groups excluding carboxylic acids is 1. The first-order valence-electron chi connectivity index (χ1n) is 9.57. The van der Waals surface area contributed by atoms with Crippen molar-refractivity contribution in [3.05, 3.63) is 76.0 Å². The van der Waals surface area contributed by atoms with Crippen molar-refractivity contribution < 1.29 is 9.53 Å². The standard InChI is InChI=1S/C23H26ClN3O2/c1-4-29-22-10-5-16(2)13-21(22)17(3)27-23(28)19(14-25)15-26-12-11-18-6-8-20(24)9-7-18/h5-10,13,15,17,26H,4,11-12H2,1-3H3,(H,27,28)/b19-15-. The molecule has 0 bridgehead atoms. The maximum atomic E-state index is 12.5. The van der Waals surface area contributed by atoms with Crippen molar-refractivity contribution in [1.82, 2.24) is 10.6 Å². The molecular formula is C23H26ClN3O2. The van der Waals surface area contributed by atoms with Crippen LogP contribution in [0.2, 0.25) is 5.02 Å². The fraction of sp³-hybridized carbons (Fsp3) is 0.304. The summed E-state index contributed by atoms with van der Waals surface area (Å²) < 4.78 is 5.66. The average Bonchev–Trinajstić information content (AvgIpc) is 2.70. The van der Waals surface area contributed by atoms with Gasteiger partial charge in [0.05, 0.1) is 12.6 Å². The van der Waals surface area contributed by atoms with Crippen LogP contribution in [-0.2, 0) is 11.2 Å². The van der Waals surface area contributed by atoms with E-state index in [0.717, 1.165) is 28.9 Å². The lowest BCUT2D eigenvalue weighted by atomic mass is 10.0. The van der Waals surface area contributed by atoms with Crippen molar-refractivity contribution in [3.8, 4) is 11.8 Å². The second-order valence-electron chi connectivity index (χ2n) is 6.67. The van der Waals surface area contributed by atoms with Gasteiger partial charge in [0.15, 0.2) is 0 Å². The number of nitriles is 1. The molecule has 2 aromatic carbocycles. The van der Waals surface area contributed by atoms with Gasteiger partial charge < -0.3 is 15.4 Å². The van der Waals surface area contributed by atoms with E-state index in [0.29, 0.717) is 18.2 Å². The number of ether oxygens (including phenoxy) is 1. The second-order valence-corrected chi connectivity index (χ2v) is 7.11. The van der Waals surface area contributed by atoms with Crippen LogP contribution >= 0.6 is 11.6 Å². The minimum atomic E-state index is -0.428. The van der Waals surface area contributed by atoms with Gasteiger partial charge in [0.1, 0.15) is 17.4 Å². The Labute approximate surface area is 177 Å². The van der Waals surface area contributed by atoms with Crippen LogP contribution in [0.15, 0.2) is 54.2 Å². The average molecular weight is 412 g/mol. The van der Waals surface area contributed by atoms with Gasteiger partial charge in [-0.05, 0) is 51.0 Å². The summed E-state index contributed by atoms with van der Waals surface area (Å²) in [4.78, 5) is 12.5. The Hall–Kier alpha value is -2.97. The Kier molecular flexibility index (Phi) is 8.57. The molecular weight excluding hydrogens is 386 g/mol. The molecule has 29 heavy (non-hydrogen) atoms. The van der Waals surface area contributed by atoms with Crippen LogP contribution in [0.1, 0.15) is 36.6 Å². The number of nitrogens with zero attached hydrogens (tertiary/aromatic N) is 1. The summed E-state index contributed by atoms with van der Waals surface area (Å²) in [5, 5.41) is 16.0. The molecule has 0 radical (unpaired) electrons. The van der Waals surface area contributed by atoms with Gasteiger partial charge in [-0.2, -0.15) is 5.26 Å². The zero-order chi connectivity index (χ0) is 21.2. The third-order valence-electron chi connectivity index (χ3n) is 4.36. The molecule has 0 fully saturated rings. The summed E-state index contributed by atoms with van der Waals surface area (Å²) in [6.07, 6.45) is 2.21. The zero-order valence-corrected chi connectivity index (χ0v) is 17.7. The summed E-state index contributed by atoms with van der Waals surface area (Å²) in [7, 11) is 0. The van der Waals surface area contributed by atoms with E-state index in [2.05, 4.69) is 10.6 Å². The van der Waals surface area contributed by atoms with E-state index in [4.69, 9.17) is 16.3 Å². The van der Waals surface area contributed by atoms with Crippen molar-refractivity contribution in [3.63, 3.8) is 0 Å². The largest absolute Gasteiger partial charge is 0.494 e. The Morgan fingerprint density at radius 2 is 2.00 bits per heavy atom. The minimum absolute atomic E-state index is 0.0265. The molecule has 5 nitrogen and oxygen atoms in total. The van der Waals surface area contributed by atoms with Gasteiger partial charge in [-0.25, -0.2) is 0 Å². The number of halogens is 1. The lowest BCUT2D eigenvalue weighted by molar-refractivity contribution is -0.117. The van der Waals surface area contributed by atoms with Crippen LogP contribution in [0.25, 0.3) is 0 Å². The van der Waals surface area contributed by atoms with Crippen molar-refractivity contribution in [2.45, 2.75) is 33.2 Å². The fourth-order valence-electron chi connectivity index (χ4n) is 2.84. The van der Waals surface area contributed by atoms with E-state index in [-0.39, 0.29) is 11.6 Å². The number of nitrogens with one attached hydrogen (secondary N) is 2. The van der Waals surface area contributed by atoms with E-state index < -0.39 is 5.91 Å². The van der Waals surface area contributed by atoms with Crippen molar-refractivity contribution in [2.75, 3.05) is 13.2 Å². The summed E-state index contributed by atoms with van der Waals surface area (Å²) in [6, 6.07) is 15.1. The van der Waals surface area contributed by atoms with Crippen LogP contribution in [0.3, 0.4) is 0 Å². The Balaban J connectivity index is 1.96. The number of hydrogen-bond donors (Lipinski definition) is 2. The fourth-order valence-corrected chi connectivity index (χ4v) is 2.96. The van der Waals surface area contributed by atoms with Crippen LogP contribution in [0.5, 0.6) is 5.75 Å². The van der Waals surface area contributed by atoms with Gasteiger partial charge in [-0.15, -0.1) is 0 Å². The Morgan fingerprint density at radius 1 is 1.28 bits per heavy atom. The first kappa shape index (κ1) is 22.3. The smallest absolute Gasteiger partial charge is 0.263 e. The Bertz CT molecular complexity index is 901. The monoisotopic (exact) mass is 411 g/mol. The van der Waals surface area contributed by atoms with Gasteiger partial charge in [0.2, 0.25) is 0 Å². The third-order valence-corrected chi connectivity index (χ3v) is 4.61. The number of rotatable bonds is 9. The first-order chi connectivity index (χ1) is 13.9. The highest BCUT2D eigenvalue weighted by molar-refractivity contribution is 6.30. The molecule has 2 rings (SSSR count). The van der Waals surface area contributed by atoms with E-state index in [9.17, 15) is 10.1 Å². The minimum Gasteiger partial charge on any atom is -0.494 e. The third kappa shape index (κ3) is 6.85. The van der Waals surface area contributed by atoms with Crippen molar-refractivity contribution in [2.24, 2.45) is 0 Å². The summed E-state index contributed by atoms with van der Waals surface area (Å²) in [5.74, 6) is 0.303. The van der Waals surface area contributed by atoms with Gasteiger partial charge in [-0.1, -0.05) is 41.4 Å². The predicted molar refractivity (Wildman–Crippen MR) is 116 cm³/mol. The molecule has 0 saturated carbocycles. The van der Waals surface area contributed by atoms with Crippen LogP contribution < -0.4 is 15.4 Å². The van der Waals surface area contributed by atoms with E-state index in [1.807, 2.05) is 69.3 Å². The normalized spacial score (nSPS) is 12.0. The van der Waals surface area contributed by atoms with Gasteiger partial charge in [0, 0.05) is 23.3 Å².